The predicted octanol–water partition coefficient (Wildman–Crippen LogP) is 4.08. The van der Waals surface area contributed by atoms with Crippen LogP contribution in [-0.4, -0.2) is 49.0 Å². The van der Waals surface area contributed by atoms with Crippen molar-refractivity contribution in [2.75, 3.05) is 38.1 Å². The van der Waals surface area contributed by atoms with Crippen molar-refractivity contribution in [1.29, 1.82) is 0 Å². The van der Waals surface area contributed by atoms with Crippen LogP contribution in [0.5, 0.6) is 11.6 Å². The highest BCUT2D eigenvalue weighted by Crippen LogP contribution is 2.36. The molecule has 2 aromatic rings. The number of carbonyl (C=O) groups is 1. The number of aryl methyl sites for hydroxylation is 3. The van der Waals surface area contributed by atoms with E-state index >= 15 is 0 Å². The summed E-state index contributed by atoms with van der Waals surface area (Å²) < 4.78 is 9.47. The molecule has 0 spiro atoms. The highest BCUT2D eigenvalue weighted by atomic mass is 32.2. The lowest BCUT2D eigenvalue weighted by Crippen LogP contribution is -2.49. The SMILES string of the molecule is CNSc1ccc(N2CCN(C(=O)C3CC3)CC2)nc1Oc1c(C)cc(C)cc1C. The molecule has 0 atom stereocenters. The molecule has 0 bridgehead atoms. The Hall–Kier alpha value is -2.25. The van der Waals surface area contributed by atoms with E-state index in [-0.39, 0.29) is 5.92 Å². The molecule has 0 unspecified atom stereocenters. The van der Waals surface area contributed by atoms with Gasteiger partial charge in [-0.2, -0.15) is 4.98 Å². The molecule has 0 radical (unpaired) electrons. The second-order valence-electron chi connectivity index (χ2n) is 8.20. The van der Waals surface area contributed by atoms with Gasteiger partial charge < -0.3 is 14.5 Å². The van der Waals surface area contributed by atoms with Gasteiger partial charge in [-0.1, -0.05) is 17.7 Å². The zero-order valence-electron chi connectivity index (χ0n) is 18.2. The van der Waals surface area contributed by atoms with Crippen molar-refractivity contribution in [3.63, 3.8) is 0 Å². The number of benzene rings is 1. The van der Waals surface area contributed by atoms with Crippen molar-refractivity contribution in [2.45, 2.75) is 38.5 Å². The second-order valence-corrected chi connectivity index (χ2v) is 9.25. The Morgan fingerprint density at radius 3 is 2.37 bits per heavy atom. The van der Waals surface area contributed by atoms with Crippen LogP contribution in [0.25, 0.3) is 0 Å². The number of piperazine rings is 1. The number of aromatic nitrogens is 1. The second kappa shape index (κ2) is 8.86. The highest BCUT2D eigenvalue weighted by Gasteiger charge is 2.34. The maximum Gasteiger partial charge on any atom is 0.236 e. The number of nitrogens with zero attached hydrogens (tertiary/aromatic N) is 3. The summed E-state index contributed by atoms with van der Waals surface area (Å²) in [7, 11) is 1.89. The standard InChI is InChI=1S/C23H30N4O2S/c1-15-13-16(2)21(17(3)14-15)29-22-19(30-24-4)7-8-20(25-22)26-9-11-27(12-10-26)23(28)18-5-6-18/h7-8,13-14,18,24H,5-6,9-12H2,1-4H3. The van der Waals surface area contributed by atoms with Crippen LogP contribution in [0.15, 0.2) is 29.2 Å². The van der Waals surface area contributed by atoms with Crippen molar-refractivity contribution in [1.82, 2.24) is 14.6 Å². The fourth-order valence-corrected chi connectivity index (χ4v) is 4.55. The maximum absolute atomic E-state index is 12.3. The van der Waals surface area contributed by atoms with Gasteiger partial charge in [0.15, 0.2) is 0 Å². The van der Waals surface area contributed by atoms with Crippen molar-refractivity contribution in [2.24, 2.45) is 5.92 Å². The van der Waals surface area contributed by atoms with Crippen molar-refractivity contribution >= 4 is 23.7 Å². The molecule has 1 saturated heterocycles. The third kappa shape index (κ3) is 4.57. The lowest BCUT2D eigenvalue weighted by atomic mass is 10.1. The average molecular weight is 427 g/mol. The molecule has 1 N–H and O–H groups in total. The van der Waals surface area contributed by atoms with Gasteiger partial charge in [0.25, 0.3) is 0 Å². The van der Waals surface area contributed by atoms with Crippen molar-refractivity contribution < 1.29 is 9.53 Å². The first-order valence-electron chi connectivity index (χ1n) is 10.6. The minimum atomic E-state index is 0.286. The van der Waals surface area contributed by atoms with E-state index in [1.165, 1.54) is 17.5 Å². The van der Waals surface area contributed by atoms with Crippen molar-refractivity contribution in [3.05, 3.63) is 41.0 Å². The molecular formula is C23H30N4O2S. The van der Waals surface area contributed by atoms with Crippen LogP contribution in [0.3, 0.4) is 0 Å². The summed E-state index contributed by atoms with van der Waals surface area (Å²) in [6.07, 6.45) is 2.12. The molecule has 1 aromatic heterocycles. The summed E-state index contributed by atoms with van der Waals surface area (Å²) in [6.45, 7) is 9.35. The molecule has 4 rings (SSSR count). The van der Waals surface area contributed by atoms with Crippen LogP contribution >= 0.6 is 11.9 Å². The topological polar surface area (TPSA) is 57.7 Å². The summed E-state index contributed by atoms with van der Waals surface area (Å²) in [5.41, 5.74) is 3.43. The van der Waals surface area contributed by atoms with Gasteiger partial charge in [-0.25, -0.2) is 0 Å². The molecule has 1 amide bonds. The molecule has 1 saturated carbocycles. The summed E-state index contributed by atoms with van der Waals surface area (Å²) in [5.74, 6) is 2.99. The number of carbonyl (C=O) groups excluding carboxylic acids is 1. The quantitative estimate of drug-likeness (QED) is 0.703. The summed E-state index contributed by atoms with van der Waals surface area (Å²) in [4.78, 5) is 22.4. The normalized spacial score (nSPS) is 16.7. The van der Waals surface area contributed by atoms with Crippen LogP contribution in [0.1, 0.15) is 29.5 Å². The van der Waals surface area contributed by atoms with Gasteiger partial charge in [-0.15, -0.1) is 0 Å². The average Bonchev–Trinajstić information content (AvgIpc) is 3.57. The Bertz CT molecular complexity index is 914. The Morgan fingerprint density at radius 1 is 1.10 bits per heavy atom. The number of nitrogens with one attached hydrogen (secondary N) is 1. The Labute approximate surface area is 183 Å². The number of ether oxygens (including phenoxy) is 1. The first kappa shape index (κ1) is 21.0. The summed E-state index contributed by atoms with van der Waals surface area (Å²) in [6, 6.07) is 8.36. The molecule has 160 valence electrons. The molecule has 1 aliphatic carbocycles. The zero-order valence-corrected chi connectivity index (χ0v) is 19.0. The van der Waals surface area contributed by atoms with Gasteiger partial charge in [0, 0.05) is 32.1 Å². The Balaban J connectivity index is 1.54. The molecular weight excluding hydrogens is 396 g/mol. The summed E-state index contributed by atoms with van der Waals surface area (Å²) in [5, 5.41) is 0. The molecule has 2 heterocycles. The monoisotopic (exact) mass is 426 g/mol. The molecule has 2 fully saturated rings. The Kier molecular flexibility index (Phi) is 6.20. The number of rotatable bonds is 6. The number of pyridine rings is 1. The predicted molar refractivity (Wildman–Crippen MR) is 121 cm³/mol. The minimum absolute atomic E-state index is 0.286. The van der Waals surface area contributed by atoms with Gasteiger partial charge in [-0.3, -0.25) is 9.52 Å². The number of amides is 1. The van der Waals surface area contributed by atoms with Crippen LogP contribution in [-0.2, 0) is 4.79 Å². The van der Waals surface area contributed by atoms with Gasteiger partial charge in [0.1, 0.15) is 11.6 Å². The van der Waals surface area contributed by atoms with E-state index in [1.807, 2.05) is 18.0 Å². The van der Waals surface area contributed by atoms with Gasteiger partial charge in [0.05, 0.1) is 4.90 Å². The lowest BCUT2D eigenvalue weighted by molar-refractivity contribution is -0.132. The fraction of sp³-hybridized carbons (Fsp3) is 0.478. The molecule has 6 nitrogen and oxygen atoms in total. The molecule has 1 aromatic carbocycles. The zero-order chi connectivity index (χ0) is 21.3. The fourth-order valence-electron chi connectivity index (χ4n) is 4.02. The lowest BCUT2D eigenvalue weighted by Gasteiger charge is -2.35. The van der Waals surface area contributed by atoms with E-state index < -0.39 is 0 Å². The van der Waals surface area contributed by atoms with Gasteiger partial charge >= 0.3 is 0 Å². The largest absolute Gasteiger partial charge is 0.437 e. The van der Waals surface area contributed by atoms with Crippen LogP contribution in [0, 0.1) is 26.7 Å². The van der Waals surface area contributed by atoms with E-state index in [4.69, 9.17) is 9.72 Å². The van der Waals surface area contributed by atoms with E-state index in [9.17, 15) is 4.79 Å². The van der Waals surface area contributed by atoms with Crippen molar-refractivity contribution in [3.8, 4) is 11.6 Å². The van der Waals surface area contributed by atoms with Crippen LogP contribution in [0.4, 0.5) is 5.82 Å². The van der Waals surface area contributed by atoms with Crippen LogP contribution in [0.2, 0.25) is 0 Å². The highest BCUT2D eigenvalue weighted by molar-refractivity contribution is 7.97. The number of hydrogen-bond donors (Lipinski definition) is 1. The Morgan fingerprint density at radius 2 is 1.77 bits per heavy atom. The van der Waals surface area contributed by atoms with Gasteiger partial charge in [-0.05, 0) is 75.9 Å². The van der Waals surface area contributed by atoms with E-state index in [2.05, 4.69) is 48.6 Å². The van der Waals surface area contributed by atoms with Crippen LogP contribution < -0.4 is 14.4 Å². The number of hydrogen-bond acceptors (Lipinski definition) is 6. The molecule has 2 aliphatic rings. The van der Waals surface area contributed by atoms with Gasteiger partial charge in [0.2, 0.25) is 11.8 Å². The maximum atomic E-state index is 12.3. The van der Waals surface area contributed by atoms with E-state index in [0.29, 0.717) is 11.8 Å². The van der Waals surface area contributed by atoms with E-state index in [1.54, 1.807) is 0 Å². The first-order valence-corrected chi connectivity index (χ1v) is 11.4. The first-order chi connectivity index (χ1) is 14.5. The molecule has 30 heavy (non-hydrogen) atoms. The molecule has 1 aliphatic heterocycles. The minimum Gasteiger partial charge on any atom is -0.437 e. The smallest absolute Gasteiger partial charge is 0.236 e. The third-order valence-corrected chi connectivity index (χ3v) is 6.40. The molecule has 7 heteroatoms. The third-order valence-electron chi connectivity index (χ3n) is 5.67. The van der Waals surface area contributed by atoms with E-state index in [0.717, 1.165) is 66.6 Å². The number of anilines is 1. The summed E-state index contributed by atoms with van der Waals surface area (Å²) >= 11 is 1.50.